The van der Waals surface area contributed by atoms with E-state index < -0.39 is 5.60 Å². The monoisotopic (exact) mass is 364 g/mol. The van der Waals surface area contributed by atoms with Crippen LogP contribution in [0.4, 0.5) is 0 Å². The summed E-state index contributed by atoms with van der Waals surface area (Å²) >= 11 is 6.74. The Morgan fingerprint density at radius 3 is 2.56 bits per heavy atom. The maximum Gasteiger partial charge on any atom is 0.150 e. The van der Waals surface area contributed by atoms with Crippen molar-refractivity contribution in [3.8, 4) is 11.5 Å². The maximum atomic E-state index is 9.38. The number of allylic oxidation sites excluding steroid dienone is 2. The zero-order valence-electron chi connectivity index (χ0n) is 16.1. The third-order valence-electron chi connectivity index (χ3n) is 4.33. The largest absolute Gasteiger partial charge is 0.492 e. The summed E-state index contributed by atoms with van der Waals surface area (Å²) in [5.74, 6) is 1.66. The summed E-state index contributed by atoms with van der Waals surface area (Å²) in [5, 5.41) is 9.89. The quantitative estimate of drug-likeness (QED) is 0.700. The number of ether oxygens (including phenoxy) is 2. The highest BCUT2D eigenvalue weighted by Gasteiger charge is 2.32. The standard InChI is InChI=1S/C21H29ClO3/c1-7-14(9-10-23)15-11-16-17(13(3)4)12-21(5,6)25-20(16)18(22)19(15)24-8-2/h9,11-13,23H,7-8,10H2,1-6H3/b14-9-. The van der Waals surface area contributed by atoms with E-state index in [2.05, 4.69) is 32.9 Å². The normalized spacial score (nSPS) is 16.4. The van der Waals surface area contributed by atoms with Crippen LogP contribution in [0.5, 0.6) is 11.5 Å². The van der Waals surface area contributed by atoms with Crippen LogP contribution in [0.25, 0.3) is 11.1 Å². The van der Waals surface area contributed by atoms with Crippen molar-refractivity contribution >= 4 is 22.7 Å². The van der Waals surface area contributed by atoms with Crippen molar-refractivity contribution in [3.05, 3.63) is 34.4 Å². The second-order valence-corrected chi connectivity index (χ2v) is 7.48. The summed E-state index contributed by atoms with van der Waals surface area (Å²) < 4.78 is 12.1. The van der Waals surface area contributed by atoms with Gasteiger partial charge in [-0.15, -0.1) is 0 Å². The Kier molecular flexibility index (Phi) is 6.23. The number of hydrogen-bond acceptors (Lipinski definition) is 3. The van der Waals surface area contributed by atoms with Crippen LogP contribution in [0.1, 0.15) is 59.1 Å². The minimum Gasteiger partial charge on any atom is -0.492 e. The SMILES string of the molecule is CCOc1c(/C(=C\CO)CC)cc2c(c1Cl)OC(C)(C)C=C2C(C)C. The fourth-order valence-corrected chi connectivity index (χ4v) is 3.53. The van der Waals surface area contributed by atoms with Gasteiger partial charge in [-0.1, -0.05) is 38.4 Å². The van der Waals surface area contributed by atoms with Gasteiger partial charge in [0.2, 0.25) is 0 Å². The van der Waals surface area contributed by atoms with E-state index in [1.807, 2.05) is 26.8 Å². The van der Waals surface area contributed by atoms with E-state index in [1.54, 1.807) is 0 Å². The molecule has 0 spiro atoms. The lowest BCUT2D eigenvalue weighted by molar-refractivity contribution is 0.156. The molecule has 138 valence electrons. The van der Waals surface area contributed by atoms with Crippen LogP contribution in [-0.4, -0.2) is 23.9 Å². The van der Waals surface area contributed by atoms with Crippen molar-refractivity contribution in [3.63, 3.8) is 0 Å². The molecule has 1 N–H and O–H groups in total. The molecule has 25 heavy (non-hydrogen) atoms. The van der Waals surface area contributed by atoms with Crippen molar-refractivity contribution < 1.29 is 14.6 Å². The van der Waals surface area contributed by atoms with Gasteiger partial charge in [0.1, 0.15) is 16.4 Å². The first-order valence-electron chi connectivity index (χ1n) is 8.97. The van der Waals surface area contributed by atoms with Crippen LogP contribution in [0, 0.1) is 5.92 Å². The topological polar surface area (TPSA) is 38.7 Å². The van der Waals surface area contributed by atoms with Gasteiger partial charge >= 0.3 is 0 Å². The number of aliphatic hydroxyl groups is 1. The van der Waals surface area contributed by atoms with E-state index in [1.165, 1.54) is 5.57 Å². The molecule has 0 amide bonds. The summed E-state index contributed by atoms with van der Waals surface area (Å²) in [4.78, 5) is 0. The molecule has 0 atom stereocenters. The Hall–Kier alpha value is -1.45. The molecule has 0 aliphatic carbocycles. The van der Waals surface area contributed by atoms with Gasteiger partial charge in [-0.25, -0.2) is 0 Å². The zero-order chi connectivity index (χ0) is 18.8. The van der Waals surface area contributed by atoms with Crippen molar-refractivity contribution in [1.29, 1.82) is 0 Å². The molecule has 0 saturated carbocycles. The van der Waals surface area contributed by atoms with Crippen molar-refractivity contribution in [2.45, 2.75) is 53.6 Å². The first-order valence-corrected chi connectivity index (χ1v) is 9.35. The molecule has 1 aromatic carbocycles. The van der Waals surface area contributed by atoms with E-state index in [9.17, 15) is 5.11 Å². The lowest BCUT2D eigenvalue weighted by Crippen LogP contribution is -2.30. The Bertz CT molecular complexity index is 700. The van der Waals surface area contributed by atoms with E-state index in [0.29, 0.717) is 29.0 Å². The fraction of sp³-hybridized carbons (Fsp3) is 0.524. The Labute approximate surface area is 156 Å². The highest BCUT2D eigenvalue weighted by atomic mass is 35.5. The molecule has 2 rings (SSSR count). The lowest BCUT2D eigenvalue weighted by Gasteiger charge is -2.34. The summed E-state index contributed by atoms with van der Waals surface area (Å²) in [7, 11) is 0. The van der Waals surface area contributed by atoms with Gasteiger partial charge in [0.15, 0.2) is 5.75 Å². The van der Waals surface area contributed by atoms with Crippen molar-refractivity contribution in [2.24, 2.45) is 5.92 Å². The van der Waals surface area contributed by atoms with E-state index in [-0.39, 0.29) is 6.61 Å². The molecule has 1 aromatic rings. The second kappa shape index (κ2) is 7.84. The fourth-order valence-electron chi connectivity index (χ4n) is 3.23. The van der Waals surface area contributed by atoms with Gasteiger partial charge in [-0.05, 0) is 56.4 Å². The third-order valence-corrected chi connectivity index (χ3v) is 4.67. The second-order valence-electron chi connectivity index (χ2n) is 7.10. The minimum atomic E-state index is -0.421. The van der Waals surface area contributed by atoms with Gasteiger partial charge in [0.25, 0.3) is 0 Å². The minimum absolute atomic E-state index is 0.0140. The molecular formula is C21H29ClO3. The van der Waals surface area contributed by atoms with Gasteiger partial charge in [0, 0.05) is 11.1 Å². The smallest absolute Gasteiger partial charge is 0.150 e. The molecule has 4 heteroatoms. The van der Waals surface area contributed by atoms with E-state index in [4.69, 9.17) is 21.1 Å². The van der Waals surface area contributed by atoms with Crippen LogP contribution >= 0.6 is 11.6 Å². The molecular weight excluding hydrogens is 336 g/mol. The Balaban J connectivity index is 2.79. The van der Waals surface area contributed by atoms with Gasteiger partial charge in [0.05, 0.1) is 13.2 Å². The molecule has 1 heterocycles. The molecule has 3 nitrogen and oxygen atoms in total. The third kappa shape index (κ3) is 4.04. The van der Waals surface area contributed by atoms with Crippen molar-refractivity contribution in [1.82, 2.24) is 0 Å². The lowest BCUT2D eigenvalue weighted by atomic mass is 9.86. The molecule has 0 unspecified atom stereocenters. The predicted molar refractivity (Wildman–Crippen MR) is 105 cm³/mol. The van der Waals surface area contributed by atoms with Crippen LogP contribution in [0.15, 0.2) is 18.2 Å². The summed E-state index contributed by atoms with van der Waals surface area (Å²) in [6.07, 6.45) is 4.76. The number of fused-ring (bicyclic) bond motifs is 1. The number of hydrogen-bond donors (Lipinski definition) is 1. The average Bonchev–Trinajstić information content (AvgIpc) is 2.54. The molecule has 0 radical (unpaired) electrons. The van der Waals surface area contributed by atoms with Crippen LogP contribution in [0.2, 0.25) is 5.02 Å². The number of rotatable bonds is 6. The molecule has 0 aromatic heterocycles. The molecule has 0 bridgehead atoms. The number of benzene rings is 1. The Morgan fingerprint density at radius 1 is 1.36 bits per heavy atom. The van der Waals surface area contributed by atoms with Crippen LogP contribution < -0.4 is 9.47 Å². The van der Waals surface area contributed by atoms with Crippen LogP contribution in [-0.2, 0) is 0 Å². The number of aliphatic hydroxyl groups excluding tert-OH is 1. The van der Waals surface area contributed by atoms with Crippen LogP contribution in [0.3, 0.4) is 0 Å². The van der Waals surface area contributed by atoms with E-state index >= 15 is 0 Å². The van der Waals surface area contributed by atoms with Gasteiger partial charge in [-0.2, -0.15) is 0 Å². The maximum absolute atomic E-state index is 9.38. The highest BCUT2D eigenvalue weighted by molar-refractivity contribution is 6.34. The number of halogens is 1. The molecule has 0 fully saturated rings. The van der Waals surface area contributed by atoms with Gasteiger partial charge < -0.3 is 14.6 Å². The Morgan fingerprint density at radius 2 is 2.04 bits per heavy atom. The summed E-state index contributed by atoms with van der Waals surface area (Å²) in [5.41, 5.74) is 3.75. The molecule has 1 aliphatic rings. The average molecular weight is 365 g/mol. The first-order chi connectivity index (χ1) is 11.8. The van der Waals surface area contributed by atoms with E-state index in [0.717, 1.165) is 23.1 Å². The zero-order valence-corrected chi connectivity index (χ0v) is 16.8. The summed E-state index contributed by atoms with van der Waals surface area (Å²) in [6, 6.07) is 2.10. The van der Waals surface area contributed by atoms with Crippen molar-refractivity contribution in [2.75, 3.05) is 13.2 Å². The predicted octanol–water partition coefficient (Wildman–Crippen LogP) is 5.73. The molecule has 0 saturated heterocycles. The first kappa shape index (κ1) is 19.9. The molecule has 1 aliphatic heterocycles. The highest BCUT2D eigenvalue weighted by Crippen LogP contribution is 2.50. The van der Waals surface area contributed by atoms with Gasteiger partial charge in [-0.3, -0.25) is 0 Å². The summed E-state index contributed by atoms with van der Waals surface area (Å²) in [6.45, 7) is 12.9.